The van der Waals surface area contributed by atoms with E-state index in [0.29, 0.717) is 17.0 Å². The number of anilines is 1. The van der Waals surface area contributed by atoms with Gasteiger partial charge in [0, 0.05) is 0 Å². The molecule has 1 aliphatic rings. The number of imidazole rings is 1. The highest BCUT2D eigenvalue weighted by Gasteiger charge is 2.44. The number of rotatable bonds is 5. The molecule has 0 spiro atoms. The van der Waals surface area contributed by atoms with Gasteiger partial charge in [0.1, 0.15) is 30.4 Å². The lowest BCUT2D eigenvalue weighted by molar-refractivity contribution is -0.0511. The third-order valence-electron chi connectivity index (χ3n) is 4.90. The number of hydrogen-bond donors (Lipinski definition) is 5. The summed E-state index contributed by atoms with van der Waals surface area (Å²) in [5.74, 6) is 0.689. The number of benzene rings is 1. The number of phenols is 1. The minimum Gasteiger partial charge on any atom is -0.508 e. The molecule has 10 nitrogen and oxygen atoms in total. The van der Waals surface area contributed by atoms with Gasteiger partial charge in [-0.2, -0.15) is 0 Å². The summed E-state index contributed by atoms with van der Waals surface area (Å²) >= 11 is 0. The summed E-state index contributed by atoms with van der Waals surface area (Å²) in [4.78, 5) is 12.8. The number of aliphatic hydroxyl groups excluding tert-OH is 3. The lowest BCUT2D eigenvalue weighted by Crippen LogP contribution is -2.33. The van der Waals surface area contributed by atoms with E-state index in [1.165, 1.54) is 17.2 Å². The van der Waals surface area contributed by atoms with Crippen molar-refractivity contribution in [2.45, 2.75) is 37.5 Å². The van der Waals surface area contributed by atoms with E-state index in [1.54, 1.807) is 12.1 Å². The zero-order valence-corrected chi connectivity index (χ0v) is 15.0. The van der Waals surface area contributed by atoms with Crippen LogP contribution in [0.25, 0.3) is 11.2 Å². The second-order valence-electron chi connectivity index (χ2n) is 6.73. The van der Waals surface area contributed by atoms with E-state index in [1.807, 2.05) is 19.1 Å². The van der Waals surface area contributed by atoms with Crippen molar-refractivity contribution in [1.82, 2.24) is 19.5 Å². The molecule has 148 valence electrons. The molecule has 3 heterocycles. The molecule has 0 aliphatic carbocycles. The van der Waals surface area contributed by atoms with E-state index < -0.39 is 31.1 Å². The second-order valence-corrected chi connectivity index (χ2v) is 6.73. The van der Waals surface area contributed by atoms with Gasteiger partial charge in [-0.25, -0.2) is 15.0 Å². The second kappa shape index (κ2) is 7.32. The Balaban J connectivity index is 1.63. The molecule has 5 N–H and O–H groups in total. The van der Waals surface area contributed by atoms with Crippen LogP contribution in [0.1, 0.15) is 24.8 Å². The van der Waals surface area contributed by atoms with E-state index in [-0.39, 0.29) is 11.8 Å². The van der Waals surface area contributed by atoms with Crippen LogP contribution in [0, 0.1) is 0 Å². The number of phenolic OH excluding ortho intramolecular Hbond substituents is 1. The fraction of sp³-hybridized carbons (Fsp3) is 0.389. The molecule has 10 heteroatoms. The van der Waals surface area contributed by atoms with Crippen LogP contribution in [0.15, 0.2) is 36.9 Å². The molecule has 1 fully saturated rings. The first kappa shape index (κ1) is 18.6. The molecular weight excluding hydrogens is 366 g/mol. The first-order valence-corrected chi connectivity index (χ1v) is 8.85. The van der Waals surface area contributed by atoms with Crippen LogP contribution in [-0.4, -0.2) is 64.9 Å². The number of fused-ring (bicyclic) bond motifs is 1. The van der Waals surface area contributed by atoms with Gasteiger partial charge in [0.25, 0.3) is 0 Å². The van der Waals surface area contributed by atoms with Crippen molar-refractivity contribution in [1.29, 1.82) is 0 Å². The molecule has 0 amide bonds. The fourth-order valence-electron chi connectivity index (χ4n) is 3.31. The van der Waals surface area contributed by atoms with E-state index in [9.17, 15) is 20.4 Å². The summed E-state index contributed by atoms with van der Waals surface area (Å²) in [6.45, 7) is 1.54. The van der Waals surface area contributed by atoms with Crippen molar-refractivity contribution < 1.29 is 25.2 Å². The van der Waals surface area contributed by atoms with Gasteiger partial charge in [0.15, 0.2) is 23.2 Å². The van der Waals surface area contributed by atoms with Gasteiger partial charge in [0.05, 0.1) is 19.0 Å². The predicted molar refractivity (Wildman–Crippen MR) is 98.5 cm³/mol. The van der Waals surface area contributed by atoms with E-state index in [2.05, 4.69) is 20.3 Å². The van der Waals surface area contributed by atoms with E-state index in [0.717, 1.165) is 5.56 Å². The highest BCUT2D eigenvalue weighted by Crippen LogP contribution is 2.32. The van der Waals surface area contributed by atoms with Crippen molar-refractivity contribution in [3.05, 3.63) is 42.5 Å². The quantitative estimate of drug-likeness (QED) is 0.417. The average Bonchev–Trinajstić information content (AvgIpc) is 3.24. The SMILES string of the molecule is CC(Nc1ncnc2c1ncn2[C@@H]1O[C@H](CO)[C@@H](O)[C@H]1O)c1ccc(O)cc1. The van der Waals surface area contributed by atoms with Gasteiger partial charge in [0.2, 0.25) is 0 Å². The molecule has 3 aromatic rings. The largest absolute Gasteiger partial charge is 0.508 e. The highest BCUT2D eigenvalue weighted by molar-refractivity contribution is 5.82. The van der Waals surface area contributed by atoms with E-state index in [4.69, 9.17) is 4.74 Å². The molecule has 2 aromatic heterocycles. The molecule has 0 radical (unpaired) electrons. The molecule has 1 aliphatic heterocycles. The summed E-state index contributed by atoms with van der Waals surface area (Å²) in [6, 6.07) is 6.73. The Morgan fingerprint density at radius 3 is 2.57 bits per heavy atom. The number of nitrogens with zero attached hydrogens (tertiary/aromatic N) is 4. The van der Waals surface area contributed by atoms with Gasteiger partial charge in [-0.05, 0) is 24.6 Å². The zero-order chi connectivity index (χ0) is 19.8. The maximum Gasteiger partial charge on any atom is 0.167 e. The van der Waals surface area contributed by atoms with Crippen LogP contribution >= 0.6 is 0 Å². The van der Waals surface area contributed by atoms with Crippen LogP contribution in [0.5, 0.6) is 5.75 Å². The maximum atomic E-state index is 10.3. The van der Waals surface area contributed by atoms with Gasteiger partial charge in [-0.1, -0.05) is 12.1 Å². The Kier molecular flexibility index (Phi) is 4.85. The lowest BCUT2D eigenvalue weighted by Gasteiger charge is -2.17. The van der Waals surface area contributed by atoms with Gasteiger partial charge in [-0.15, -0.1) is 0 Å². The maximum absolute atomic E-state index is 10.3. The molecule has 1 saturated heterocycles. The Bertz CT molecular complexity index is 963. The van der Waals surface area contributed by atoms with Gasteiger partial charge in [-0.3, -0.25) is 4.57 Å². The van der Waals surface area contributed by atoms with Gasteiger partial charge >= 0.3 is 0 Å². The predicted octanol–water partition coefficient (Wildman–Crippen LogP) is 0.316. The smallest absolute Gasteiger partial charge is 0.167 e. The van der Waals surface area contributed by atoms with Crippen LogP contribution in [0.3, 0.4) is 0 Å². The fourth-order valence-corrected chi connectivity index (χ4v) is 3.31. The van der Waals surface area contributed by atoms with Crippen molar-refractivity contribution in [2.75, 3.05) is 11.9 Å². The zero-order valence-electron chi connectivity index (χ0n) is 15.0. The summed E-state index contributed by atoms with van der Waals surface area (Å²) in [7, 11) is 0. The molecule has 0 saturated carbocycles. The molecule has 4 rings (SSSR count). The summed E-state index contributed by atoms with van der Waals surface area (Å²) in [5.41, 5.74) is 1.85. The van der Waals surface area contributed by atoms with E-state index >= 15 is 0 Å². The number of nitrogens with one attached hydrogen (secondary N) is 1. The number of ether oxygens (including phenoxy) is 1. The van der Waals surface area contributed by atoms with Crippen LogP contribution < -0.4 is 5.32 Å². The summed E-state index contributed by atoms with van der Waals surface area (Å²) < 4.78 is 7.07. The summed E-state index contributed by atoms with van der Waals surface area (Å²) in [5, 5.41) is 42.2. The van der Waals surface area contributed by atoms with Crippen molar-refractivity contribution in [2.24, 2.45) is 0 Å². The standard InChI is InChI=1S/C18H21N5O5/c1-9(10-2-4-11(25)5-3-10)22-16-13-17(20-7-19-16)23(8-21-13)18-15(27)14(26)12(6-24)28-18/h2-5,7-9,12,14-15,18,24-27H,6H2,1H3,(H,19,20,22)/t9?,12-,14-,15-,18-/m1/s1. The Hall–Kier alpha value is -2.79. The monoisotopic (exact) mass is 387 g/mol. The summed E-state index contributed by atoms with van der Waals surface area (Å²) in [6.07, 6.45) is -1.41. The number of aliphatic hydroxyl groups is 3. The normalized spacial score (nSPS) is 25.9. The third-order valence-corrected chi connectivity index (χ3v) is 4.90. The Morgan fingerprint density at radius 2 is 1.89 bits per heavy atom. The molecule has 1 unspecified atom stereocenters. The molecule has 5 atom stereocenters. The van der Waals surface area contributed by atoms with Gasteiger partial charge < -0.3 is 30.5 Å². The Labute approximate surface area is 160 Å². The average molecular weight is 387 g/mol. The molecule has 28 heavy (non-hydrogen) atoms. The lowest BCUT2D eigenvalue weighted by atomic mass is 10.1. The van der Waals surface area contributed by atoms with Crippen molar-refractivity contribution in [3.63, 3.8) is 0 Å². The van der Waals surface area contributed by atoms with Crippen LogP contribution in [-0.2, 0) is 4.74 Å². The first-order chi connectivity index (χ1) is 13.5. The molecule has 0 bridgehead atoms. The first-order valence-electron chi connectivity index (χ1n) is 8.85. The van der Waals surface area contributed by atoms with Crippen LogP contribution in [0.2, 0.25) is 0 Å². The Morgan fingerprint density at radius 1 is 1.14 bits per heavy atom. The highest BCUT2D eigenvalue weighted by atomic mass is 16.6. The number of hydrogen-bond acceptors (Lipinski definition) is 9. The minimum atomic E-state index is -1.23. The topological polar surface area (TPSA) is 146 Å². The minimum absolute atomic E-state index is 0.113. The third kappa shape index (κ3) is 3.16. The molecular formula is C18H21N5O5. The van der Waals surface area contributed by atoms with Crippen molar-refractivity contribution in [3.8, 4) is 5.75 Å². The van der Waals surface area contributed by atoms with Crippen molar-refractivity contribution >= 4 is 17.0 Å². The van der Waals surface area contributed by atoms with Crippen LogP contribution in [0.4, 0.5) is 5.82 Å². The number of aromatic hydroxyl groups is 1. The molecule has 1 aromatic carbocycles. The number of aromatic nitrogens is 4.